The Hall–Kier alpha value is -3.09. The van der Waals surface area contributed by atoms with Crippen LogP contribution in [0.25, 0.3) is 0 Å². The lowest BCUT2D eigenvalue weighted by atomic mass is 10.2. The molecule has 1 aliphatic heterocycles. The fraction of sp³-hybridized carbons (Fsp3) is 0.409. The molecule has 0 saturated carbocycles. The van der Waals surface area contributed by atoms with Crippen molar-refractivity contribution in [3.05, 3.63) is 48.0 Å². The van der Waals surface area contributed by atoms with Crippen molar-refractivity contribution in [2.75, 3.05) is 38.8 Å². The maximum absolute atomic E-state index is 10.1. The van der Waals surface area contributed by atoms with Gasteiger partial charge in [-0.15, -0.1) is 0 Å². The predicted molar refractivity (Wildman–Crippen MR) is 116 cm³/mol. The molecule has 7 heteroatoms. The van der Waals surface area contributed by atoms with Crippen molar-refractivity contribution in [2.45, 2.75) is 25.9 Å². The van der Waals surface area contributed by atoms with Crippen LogP contribution in [-0.4, -0.2) is 51.0 Å². The third-order valence-corrected chi connectivity index (χ3v) is 4.95. The molecule has 156 valence electrons. The van der Waals surface area contributed by atoms with Crippen LogP contribution in [0, 0.1) is 0 Å². The van der Waals surface area contributed by atoms with E-state index in [1.54, 1.807) is 12.1 Å². The van der Waals surface area contributed by atoms with Crippen LogP contribution in [0.15, 0.2) is 47.5 Å². The lowest BCUT2D eigenvalue weighted by Gasteiger charge is -2.20. The van der Waals surface area contributed by atoms with Gasteiger partial charge in [-0.25, -0.2) is 4.99 Å². The number of nitrogens with zero attached hydrogens (tertiary/aromatic N) is 2. The van der Waals surface area contributed by atoms with E-state index in [4.69, 9.17) is 14.5 Å². The van der Waals surface area contributed by atoms with Crippen LogP contribution in [0.2, 0.25) is 0 Å². The minimum absolute atomic E-state index is 0.000259. The molecule has 1 aliphatic rings. The first kappa shape index (κ1) is 20.6. The monoisotopic (exact) mass is 398 g/mol. The molecule has 0 bridgehead atoms. The van der Waals surface area contributed by atoms with Gasteiger partial charge in [-0.05, 0) is 43.2 Å². The van der Waals surface area contributed by atoms with Gasteiger partial charge in [-0.1, -0.05) is 18.2 Å². The molecule has 3 N–H and O–H groups in total. The minimum atomic E-state index is -0.000259. The zero-order chi connectivity index (χ0) is 20.6. The van der Waals surface area contributed by atoms with Crippen LogP contribution in [0.4, 0.5) is 5.69 Å². The van der Waals surface area contributed by atoms with Crippen molar-refractivity contribution in [1.29, 1.82) is 0 Å². The first-order valence-electron chi connectivity index (χ1n) is 9.93. The molecule has 1 fully saturated rings. The molecule has 2 aromatic rings. The summed E-state index contributed by atoms with van der Waals surface area (Å²) in [7, 11) is 3.04. The summed E-state index contributed by atoms with van der Waals surface area (Å²) in [5, 5.41) is 16.9. The van der Waals surface area contributed by atoms with Gasteiger partial charge in [0.2, 0.25) is 5.75 Å². The number of para-hydroxylation sites is 1. The van der Waals surface area contributed by atoms with E-state index in [-0.39, 0.29) is 5.75 Å². The fourth-order valence-corrected chi connectivity index (χ4v) is 3.47. The first-order valence-corrected chi connectivity index (χ1v) is 9.93. The van der Waals surface area contributed by atoms with Gasteiger partial charge in [-0.3, -0.25) is 0 Å². The quantitative estimate of drug-likeness (QED) is 0.492. The van der Waals surface area contributed by atoms with Crippen molar-refractivity contribution in [2.24, 2.45) is 4.99 Å². The Morgan fingerprint density at radius 2 is 1.86 bits per heavy atom. The van der Waals surface area contributed by atoms with Crippen molar-refractivity contribution in [3.63, 3.8) is 0 Å². The summed E-state index contributed by atoms with van der Waals surface area (Å²) in [5.74, 6) is 1.53. The molecule has 0 radical (unpaired) electrons. The average Bonchev–Trinajstić information content (AvgIpc) is 3.22. The van der Waals surface area contributed by atoms with Crippen LogP contribution < -0.4 is 25.0 Å². The number of guanidine groups is 1. The topological polar surface area (TPSA) is 78.4 Å². The minimum Gasteiger partial charge on any atom is -0.502 e. The Kier molecular flexibility index (Phi) is 7.05. The molecule has 0 amide bonds. The van der Waals surface area contributed by atoms with Crippen molar-refractivity contribution < 1.29 is 14.6 Å². The molecule has 0 aromatic heterocycles. The summed E-state index contributed by atoms with van der Waals surface area (Å²) in [5.41, 5.74) is 2.15. The number of hydrogen-bond donors (Lipinski definition) is 3. The third-order valence-electron chi connectivity index (χ3n) is 4.95. The van der Waals surface area contributed by atoms with Crippen LogP contribution in [0.5, 0.6) is 17.2 Å². The normalized spacial score (nSPS) is 16.6. The number of aromatic hydroxyl groups is 1. The Bertz CT molecular complexity index is 801. The molecule has 0 aliphatic carbocycles. The van der Waals surface area contributed by atoms with Crippen LogP contribution in [0.1, 0.15) is 18.9 Å². The largest absolute Gasteiger partial charge is 0.502 e. The number of methoxy groups -OCH3 is 2. The zero-order valence-electron chi connectivity index (χ0n) is 17.3. The Morgan fingerprint density at radius 3 is 2.48 bits per heavy atom. The molecule has 29 heavy (non-hydrogen) atoms. The Morgan fingerprint density at radius 1 is 1.17 bits per heavy atom. The molecule has 1 atom stereocenters. The first-order chi connectivity index (χ1) is 14.1. The van der Waals surface area contributed by atoms with Gasteiger partial charge >= 0.3 is 0 Å². The molecular weight excluding hydrogens is 368 g/mol. The number of phenolic OH excluding ortho intramolecular Hbond substituents is 1. The van der Waals surface area contributed by atoms with Gasteiger partial charge in [0.15, 0.2) is 17.5 Å². The van der Waals surface area contributed by atoms with E-state index in [2.05, 4.69) is 46.7 Å². The molecule has 7 nitrogen and oxygen atoms in total. The maximum atomic E-state index is 10.1. The van der Waals surface area contributed by atoms with E-state index in [0.29, 0.717) is 24.1 Å². The smallest absolute Gasteiger partial charge is 0.200 e. The molecular formula is C22H30N4O3. The van der Waals surface area contributed by atoms with Gasteiger partial charge in [-0.2, -0.15) is 0 Å². The second-order valence-corrected chi connectivity index (χ2v) is 6.96. The van der Waals surface area contributed by atoms with Gasteiger partial charge in [0.05, 0.1) is 20.8 Å². The summed E-state index contributed by atoms with van der Waals surface area (Å²) >= 11 is 0. The van der Waals surface area contributed by atoms with Gasteiger partial charge < -0.3 is 30.1 Å². The SMILES string of the molecule is CCNC(=NCc1cc(OC)c(O)c(OC)c1)NC1CCN(c2ccccc2)C1. The third kappa shape index (κ3) is 5.25. The summed E-state index contributed by atoms with van der Waals surface area (Å²) < 4.78 is 10.5. The summed E-state index contributed by atoms with van der Waals surface area (Å²) in [6.45, 7) is 5.23. The standard InChI is InChI=1S/C22H30N4O3/c1-4-23-22(24-14-16-12-19(28-2)21(27)20(13-16)29-3)25-17-10-11-26(15-17)18-8-6-5-7-9-18/h5-9,12-13,17,27H,4,10-11,14-15H2,1-3H3,(H2,23,24,25). The van der Waals surface area contributed by atoms with E-state index >= 15 is 0 Å². The number of hydrogen-bond acceptors (Lipinski definition) is 5. The van der Waals surface area contributed by atoms with E-state index < -0.39 is 0 Å². The highest BCUT2D eigenvalue weighted by molar-refractivity contribution is 5.80. The summed E-state index contributed by atoms with van der Waals surface area (Å²) in [6.07, 6.45) is 1.06. The van der Waals surface area contributed by atoms with Crippen molar-refractivity contribution in [3.8, 4) is 17.2 Å². The van der Waals surface area contributed by atoms with Crippen LogP contribution in [-0.2, 0) is 6.54 Å². The number of nitrogens with one attached hydrogen (secondary N) is 2. The molecule has 2 aromatic carbocycles. The molecule has 1 unspecified atom stereocenters. The number of aliphatic imine (C=N–C) groups is 1. The zero-order valence-corrected chi connectivity index (χ0v) is 17.3. The van der Waals surface area contributed by atoms with E-state index in [9.17, 15) is 5.11 Å². The lowest BCUT2D eigenvalue weighted by Crippen LogP contribution is -2.44. The van der Waals surface area contributed by atoms with Crippen LogP contribution >= 0.6 is 0 Å². The van der Waals surface area contributed by atoms with E-state index in [0.717, 1.165) is 37.6 Å². The number of benzene rings is 2. The Labute approximate surface area is 172 Å². The highest BCUT2D eigenvalue weighted by Crippen LogP contribution is 2.37. The van der Waals surface area contributed by atoms with Crippen LogP contribution in [0.3, 0.4) is 0 Å². The van der Waals surface area contributed by atoms with Gasteiger partial charge in [0, 0.05) is 31.4 Å². The lowest BCUT2D eigenvalue weighted by molar-refractivity contribution is 0.339. The Balaban J connectivity index is 1.66. The van der Waals surface area contributed by atoms with E-state index in [1.807, 2.05) is 6.07 Å². The molecule has 1 saturated heterocycles. The average molecular weight is 399 g/mol. The number of phenols is 1. The van der Waals surface area contributed by atoms with Gasteiger partial charge in [0.1, 0.15) is 0 Å². The highest BCUT2D eigenvalue weighted by Gasteiger charge is 2.23. The van der Waals surface area contributed by atoms with Gasteiger partial charge in [0.25, 0.3) is 0 Å². The number of rotatable bonds is 7. The second kappa shape index (κ2) is 9.91. The van der Waals surface area contributed by atoms with Crippen molar-refractivity contribution in [1.82, 2.24) is 10.6 Å². The maximum Gasteiger partial charge on any atom is 0.200 e. The highest BCUT2D eigenvalue weighted by atomic mass is 16.5. The summed E-state index contributed by atoms with van der Waals surface area (Å²) in [4.78, 5) is 7.09. The van der Waals surface area contributed by atoms with Crippen molar-refractivity contribution >= 4 is 11.6 Å². The second-order valence-electron chi connectivity index (χ2n) is 6.96. The summed E-state index contributed by atoms with van der Waals surface area (Å²) in [6, 6.07) is 14.4. The fourth-order valence-electron chi connectivity index (χ4n) is 3.47. The predicted octanol–water partition coefficient (Wildman–Crippen LogP) is 2.74. The number of anilines is 1. The molecule has 0 spiro atoms. The number of ether oxygens (including phenoxy) is 2. The van der Waals surface area contributed by atoms with E-state index in [1.165, 1.54) is 19.9 Å². The molecule has 1 heterocycles. The molecule has 3 rings (SSSR count).